The zero-order chi connectivity index (χ0) is 25.5. The van der Waals surface area contributed by atoms with Gasteiger partial charge in [-0.25, -0.2) is 4.39 Å². The van der Waals surface area contributed by atoms with E-state index in [0.717, 1.165) is 51.6 Å². The Morgan fingerprint density at radius 2 is 1.54 bits per heavy atom. The molecule has 0 radical (unpaired) electrons. The first kappa shape index (κ1) is 24.8. The minimum Gasteiger partial charge on any atom is -0.375 e. The van der Waals surface area contributed by atoms with Gasteiger partial charge in [-0.15, -0.1) is 0 Å². The molecule has 0 aromatic heterocycles. The van der Waals surface area contributed by atoms with Crippen LogP contribution >= 0.6 is 0 Å². The van der Waals surface area contributed by atoms with Gasteiger partial charge in [0.1, 0.15) is 6.04 Å². The van der Waals surface area contributed by atoms with Crippen molar-refractivity contribution in [3.8, 4) is 0 Å². The van der Waals surface area contributed by atoms with Gasteiger partial charge in [0.25, 0.3) is 5.91 Å². The van der Waals surface area contributed by atoms with Crippen LogP contribution in [-0.4, -0.2) is 79.3 Å². The molecule has 1 saturated carbocycles. The van der Waals surface area contributed by atoms with Crippen LogP contribution in [0.5, 0.6) is 0 Å². The van der Waals surface area contributed by atoms with Crippen LogP contribution in [0.25, 0.3) is 0 Å². The Kier molecular flexibility index (Phi) is 6.89. The Morgan fingerprint density at radius 3 is 2.22 bits per heavy atom. The fraction of sp³-hybridized carbons (Fsp3) is 0.667. The number of imide groups is 1. The number of hydrogen-bond donors (Lipinski definition) is 2. The number of fused-ring (bicyclic) bond motifs is 1. The average molecular weight is 515 g/mol. The maximum absolute atomic E-state index is 15.6. The Hall–Kier alpha value is -2.56. The minimum atomic E-state index is -0.746. The van der Waals surface area contributed by atoms with E-state index in [-0.39, 0.29) is 43.4 Å². The van der Waals surface area contributed by atoms with Gasteiger partial charge in [0.15, 0.2) is 5.82 Å². The number of anilines is 1. The van der Waals surface area contributed by atoms with Crippen LogP contribution in [-0.2, 0) is 25.6 Å². The highest BCUT2D eigenvalue weighted by Gasteiger charge is 2.41. The van der Waals surface area contributed by atoms with E-state index in [1.54, 1.807) is 12.1 Å². The van der Waals surface area contributed by atoms with Gasteiger partial charge in [0.05, 0.1) is 36.6 Å². The second-order valence-corrected chi connectivity index (χ2v) is 10.9. The summed E-state index contributed by atoms with van der Waals surface area (Å²) >= 11 is 0. The summed E-state index contributed by atoms with van der Waals surface area (Å²) in [6.07, 6.45) is 7.30. The van der Waals surface area contributed by atoms with Crippen LogP contribution in [0.3, 0.4) is 0 Å². The number of hydrogen-bond acceptors (Lipinski definition) is 7. The number of ether oxygens (including phenoxy) is 2. The topological polar surface area (TPSA) is 100 Å². The largest absolute Gasteiger partial charge is 0.375 e. The molecule has 4 fully saturated rings. The number of amides is 3. The molecule has 1 unspecified atom stereocenters. The zero-order valence-electron chi connectivity index (χ0n) is 21.0. The number of rotatable bonds is 6. The summed E-state index contributed by atoms with van der Waals surface area (Å²) in [5, 5.41) is 5.65. The summed E-state index contributed by atoms with van der Waals surface area (Å²) in [5.41, 5.74) is 1.13. The van der Waals surface area contributed by atoms with E-state index in [1.165, 1.54) is 4.90 Å². The molecule has 0 spiro atoms. The van der Waals surface area contributed by atoms with Gasteiger partial charge in [-0.3, -0.25) is 19.7 Å². The first-order valence-electron chi connectivity index (χ1n) is 13.7. The van der Waals surface area contributed by atoms with E-state index in [9.17, 15) is 14.4 Å². The lowest BCUT2D eigenvalue weighted by Crippen LogP contribution is -2.52. The maximum Gasteiger partial charge on any atom is 0.255 e. The molecule has 200 valence electrons. The predicted molar refractivity (Wildman–Crippen MR) is 133 cm³/mol. The smallest absolute Gasteiger partial charge is 0.255 e. The van der Waals surface area contributed by atoms with E-state index in [0.29, 0.717) is 42.1 Å². The van der Waals surface area contributed by atoms with Gasteiger partial charge < -0.3 is 24.6 Å². The zero-order valence-corrected chi connectivity index (χ0v) is 21.0. The number of nitrogens with one attached hydrogen (secondary N) is 2. The summed E-state index contributed by atoms with van der Waals surface area (Å²) < 4.78 is 28.1. The lowest BCUT2D eigenvalue weighted by Gasteiger charge is -2.42. The van der Waals surface area contributed by atoms with Crippen molar-refractivity contribution in [2.24, 2.45) is 0 Å². The Balaban J connectivity index is 1.01. The van der Waals surface area contributed by atoms with Crippen LogP contribution in [0.4, 0.5) is 10.1 Å². The molecule has 0 bridgehead atoms. The SMILES string of the molecule is O=C1CCC(N2Cc3c(ccc(N4CCC(OC5CC(OC6CCNCC6)C5)CC4)c3F)C2=O)C(=O)N1. The van der Waals surface area contributed by atoms with Crippen molar-refractivity contribution in [3.63, 3.8) is 0 Å². The molecule has 1 aromatic carbocycles. The molecule has 10 heteroatoms. The van der Waals surface area contributed by atoms with Crippen molar-refractivity contribution in [2.75, 3.05) is 31.1 Å². The van der Waals surface area contributed by atoms with Gasteiger partial charge in [0.2, 0.25) is 11.8 Å². The molecule has 2 N–H and O–H groups in total. The van der Waals surface area contributed by atoms with Crippen molar-refractivity contribution in [2.45, 2.75) is 88.4 Å². The monoisotopic (exact) mass is 514 g/mol. The highest BCUT2D eigenvalue weighted by Crippen LogP contribution is 2.36. The fourth-order valence-corrected chi connectivity index (χ4v) is 6.28. The quantitative estimate of drug-likeness (QED) is 0.559. The average Bonchev–Trinajstić information content (AvgIpc) is 3.21. The van der Waals surface area contributed by atoms with Crippen molar-refractivity contribution in [1.29, 1.82) is 0 Å². The summed E-state index contributed by atoms with van der Waals surface area (Å²) in [7, 11) is 0. The van der Waals surface area contributed by atoms with E-state index in [1.807, 2.05) is 4.90 Å². The number of carbonyl (C=O) groups is 3. The van der Waals surface area contributed by atoms with Gasteiger partial charge in [-0.05, 0) is 70.2 Å². The molecular formula is C27H35FN4O5. The van der Waals surface area contributed by atoms with Crippen molar-refractivity contribution >= 4 is 23.4 Å². The third-order valence-corrected chi connectivity index (χ3v) is 8.52. The van der Waals surface area contributed by atoms with Crippen LogP contribution in [0.2, 0.25) is 0 Å². The van der Waals surface area contributed by atoms with E-state index in [4.69, 9.17) is 9.47 Å². The van der Waals surface area contributed by atoms with Crippen LogP contribution < -0.4 is 15.5 Å². The molecular weight excluding hydrogens is 479 g/mol. The van der Waals surface area contributed by atoms with Gasteiger partial charge >= 0.3 is 0 Å². The Bertz CT molecular complexity index is 1060. The Labute approximate surface area is 216 Å². The maximum atomic E-state index is 15.6. The molecule has 3 saturated heterocycles. The summed E-state index contributed by atoms with van der Waals surface area (Å²) in [6, 6.07) is 2.60. The van der Waals surface area contributed by atoms with Crippen molar-refractivity contribution in [3.05, 3.63) is 29.1 Å². The molecule has 1 aliphatic carbocycles. The molecule has 3 amide bonds. The number of piperidine rings is 3. The molecule has 6 rings (SSSR count). The lowest BCUT2D eigenvalue weighted by atomic mass is 9.90. The molecule has 1 aromatic rings. The van der Waals surface area contributed by atoms with Crippen LogP contribution in [0, 0.1) is 5.82 Å². The number of carbonyl (C=O) groups excluding carboxylic acids is 3. The first-order chi connectivity index (χ1) is 18.0. The highest BCUT2D eigenvalue weighted by molar-refractivity contribution is 6.05. The Morgan fingerprint density at radius 1 is 0.865 bits per heavy atom. The summed E-state index contributed by atoms with van der Waals surface area (Å²) in [5.74, 6) is -1.58. The van der Waals surface area contributed by atoms with E-state index in [2.05, 4.69) is 10.6 Å². The molecule has 4 aliphatic heterocycles. The second-order valence-electron chi connectivity index (χ2n) is 10.9. The van der Waals surface area contributed by atoms with Crippen molar-refractivity contribution in [1.82, 2.24) is 15.5 Å². The summed E-state index contributed by atoms with van der Waals surface area (Å²) in [4.78, 5) is 40.1. The third kappa shape index (κ3) is 4.98. The van der Waals surface area contributed by atoms with Gasteiger partial charge in [0, 0.05) is 30.6 Å². The molecule has 4 heterocycles. The van der Waals surface area contributed by atoms with E-state index < -0.39 is 17.8 Å². The molecule has 1 atom stereocenters. The van der Waals surface area contributed by atoms with Gasteiger partial charge in [-0.1, -0.05) is 0 Å². The highest BCUT2D eigenvalue weighted by atomic mass is 19.1. The predicted octanol–water partition coefficient (Wildman–Crippen LogP) is 1.87. The first-order valence-corrected chi connectivity index (χ1v) is 13.7. The number of benzene rings is 1. The fourth-order valence-electron chi connectivity index (χ4n) is 6.28. The normalized spacial score (nSPS) is 29.3. The second kappa shape index (κ2) is 10.3. The minimum absolute atomic E-state index is 0.0436. The number of halogens is 1. The van der Waals surface area contributed by atoms with Crippen molar-refractivity contribution < 1.29 is 28.2 Å². The molecule has 37 heavy (non-hydrogen) atoms. The van der Waals surface area contributed by atoms with Crippen LogP contribution in [0.1, 0.15) is 67.3 Å². The molecule has 5 aliphatic rings. The standard InChI is InChI=1S/C27H35FN4O5/c28-25-21-15-32(23-3-4-24(33)30-26(23)34)27(35)20(21)1-2-22(25)31-11-7-17(8-12-31)37-19-13-18(14-19)36-16-5-9-29-10-6-16/h1-2,16-19,23,29H,3-15H2,(H,30,33,34). The third-order valence-electron chi connectivity index (χ3n) is 8.52. The van der Waals surface area contributed by atoms with E-state index >= 15 is 4.39 Å². The lowest BCUT2D eigenvalue weighted by molar-refractivity contribution is -0.150. The number of nitrogens with zero attached hydrogens (tertiary/aromatic N) is 2. The van der Waals surface area contributed by atoms with Gasteiger partial charge in [-0.2, -0.15) is 0 Å². The molecule has 9 nitrogen and oxygen atoms in total. The summed E-state index contributed by atoms with van der Waals surface area (Å²) in [6.45, 7) is 3.49. The van der Waals surface area contributed by atoms with Crippen LogP contribution in [0.15, 0.2) is 12.1 Å².